The first-order valence-electron chi connectivity index (χ1n) is 5.70. The highest BCUT2D eigenvalue weighted by Crippen LogP contribution is 2.33. The zero-order chi connectivity index (χ0) is 10.8. The third-order valence-corrected chi connectivity index (χ3v) is 3.64. The molecule has 1 aliphatic heterocycles. The van der Waals surface area contributed by atoms with E-state index in [1.807, 2.05) is 0 Å². The molecule has 0 aromatic carbocycles. The van der Waals surface area contributed by atoms with Crippen LogP contribution in [-0.2, 0) is 9.59 Å². The van der Waals surface area contributed by atoms with Gasteiger partial charge in [-0.3, -0.25) is 9.59 Å². The number of carbonyl (C=O) groups excluding carboxylic acids is 1. The Kier molecular flexibility index (Phi) is 2.93. The fourth-order valence-electron chi connectivity index (χ4n) is 2.85. The van der Waals surface area contributed by atoms with E-state index in [1.165, 1.54) is 19.3 Å². The molecule has 2 aliphatic rings. The van der Waals surface area contributed by atoms with Crippen LogP contribution in [0.5, 0.6) is 0 Å². The van der Waals surface area contributed by atoms with Gasteiger partial charge in [0.2, 0.25) is 5.91 Å². The summed E-state index contributed by atoms with van der Waals surface area (Å²) in [5, 5.41) is 11.9. The summed E-state index contributed by atoms with van der Waals surface area (Å²) < 4.78 is 0. The number of aliphatic carboxylic acids is 1. The van der Waals surface area contributed by atoms with Gasteiger partial charge in [0.15, 0.2) is 0 Å². The minimum absolute atomic E-state index is 0.0991. The van der Waals surface area contributed by atoms with Crippen LogP contribution in [0.25, 0.3) is 0 Å². The molecule has 1 saturated carbocycles. The van der Waals surface area contributed by atoms with Crippen molar-refractivity contribution in [3.8, 4) is 0 Å². The molecule has 4 nitrogen and oxygen atoms in total. The molecule has 84 valence electrons. The molecule has 0 bridgehead atoms. The predicted molar refractivity (Wildman–Crippen MR) is 54.2 cm³/mol. The van der Waals surface area contributed by atoms with Crippen molar-refractivity contribution < 1.29 is 14.7 Å². The van der Waals surface area contributed by atoms with E-state index < -0.39 is 11.9 Å². The highest BCUT2D eigenvalue weighted by atomic mass is 16.4. The van der Waals surface area contributed by atoms with E-state index in [4.69, 9.17) is 5.11 Å². The molecule has 2 N–H and O–H groups in total. The number of rotatable bonds is 2. The van der Waals surface area contributed by atoms with Crippen LogP contribution in [0.3, 0.4) is 0 Å². The molecule has 0 radical (unpaired) electrons. The highest BCUT2D eigenvalue weighted by molar-refractivity contribution is 5.86. The maximum absolute atomic E-state index is 11.2. The van der Waals surface area contributed by atoms with Gasteiger partial charge in [-0.25, -0.2) is 0 Å². The summed E-state index contributed by atoms with van der Waals surface area (Å²) in [4.78, 5) is 22.2. The van der Waals surface area contributed by atoms with E-state index in [-0.39, 0.29) is 18.4 Å². The van der Waals surface area contributed by atoms with E-state index in [0.717, 1.165) is 12.8 Å². The number of carboxylic acids is 1. The van der Waals surface area contributed by atoms with Gasteiger partial charge in [-0.2, -0.15) is 0 Å². The van der Waals surface area contributed by atoms with Crippen LogP contribution in [0.1, 0.15) is 38.5 Å². The Labute approximate surface area is 89.0 Å². The lowest BCUT2D eigenvalue weighted by Gasteiger charge is -2.29. The van der Waals surface area contributed by atoms with E-state index in [1.54, 1.807) is 0 Å². The second-order valence-electron chi connectivity index (χ2n) is 4.64. The SMILES string of the molecule is O=C1C[C@@H](C(=O)O)[C@H](C2CCCCC2)N1. The Bertz CT molecular complexity index is 271. The van der Waals surface area contributed by atoms with Crippen LogP contribution in [0.4, 0.5) is 0 Å². The van der Waals surface area contributed by atoms with Crippen LogP contribution in [0, 0.1) is 11.8 Å². The maximum Gasteiger partial charge on any atom is 0.309 e. The Balaban J connectivity index is 2.05. The van der Waals surface area contributed by atoms with Crippen molar-refractivity contribution in [3.63, 3.8) is 0 Å². The topological polar surface area (TPSA) is 66.4 Å². The molecule has 0 spiro atoms. The first kappa shape index (κ1) is 10.5. The summed E-state index contributed by atoms with van der Waals surface area (Å²) in [6.07, 6.45) is 5.88. The molecule has 2 atom stereocenters. The Morgan fingerprint density at radius 3 is 2.53 bits per heavy atom. The van der Waals surface area contributed by atoms with Crippen molar-refractivity contribution >= 4 is 11.9 Å². The van der Waals surface area contributed by atoms with Crippen molar-refractivity contribution in [1.82, 2.24) is 5.32 Å². The smallest absolute Gasteiger partial charge is 0.309 e. The van der Waals surface area contributed by atoms with Gasteiger partial charge in [-0.15, -0.1) is 0 Å². The van der Waals surface area contributed by atoms with Gasteiger partial charge in [0.05, 0.1) is 5.92 Å². The molecule has 1 amide bonds. The fourth-order valence-corrected chi connectivity index (χ4v) is 2.85. The van der Waals surface area contributed by atoms with Gasteiger partial charge in [0.25, 0.3) is 0 Å². The van der Waals surface area contributed by atoms with Crippen molar-refractivity contribution in [2.45, 2.75) is 44.6 Å². The molecule has 0 aromatic heterocycles. The summed E-state index contributed by atoms with van der Waals surface area (Å²) in [6, 6.07) is -0.115. The van der Waals surface area contributed by atoms with Gasteiger partial charge in [-0.1, -0.05) is 19.3 Å². The number of carbonyl (C=O) groups is 2. The van der Waals surface area contributed by atoms with Gasteiger partial charge in [0, 0.05) is 12.5 Å². The number of amides is 1. The molecule has 0 aromatic rings. The normalized spacial score (nSPS) is 32.7. The first-order chi connectivity index (χ1) is 7.18. The number of hydrogen-bond acceptors (Lipinski definition) is 2. The van der Waals surface area contributed by atoms with E-state index >= 15 is 0 Å². The molecule has 2 fully saturated rings. The zero-order valence-electron chi connectivity index (χ0n) is 8.74. The lowest BCUT2D eigenvalue weighted by atomic mass is 9.79. The molecular weight excluding hydrogens is 194 g/mol. The number of carboxylic acid groups (broad SMARTS) is 1. The fraction of sp³-hybridized carbons (Fsp3) is 0.818. The Morgan fingerprint density at radius 2 is 1.93 bits per heavy atom. The highest BCUT2D eigenvalue weighted by Gasteiger charge is 2.41. The first-order valence-corrected chi connectivity index (χ1v) is 5.70. The van der Waals surface area contributed by atoms with Gasteiger partial charge in [0.1, 0.15) is 0 Å². The summed E-state index contributed by atoms with van der Waals surface area (Å²) in [5.74, 6) is -1.05. The van der Waals surface area contributed by atoms with Crippen molar-refractivity contribution in [1.29, 1.82) is 0 Å². The molecule has 15 heavy (non-hydrogen) atoms. The lowest BCUT2D eigenvalue weighted by molar-refractivity contribution is -0.143. The Morgan fingerprint density at radius 1 is 1.27 bits per heavy atom. The van der Waals surface area contributed by atoms with Crippen LogP contribution in [0.15, 0.2) is 0 Å². The van der Waals surface area contributed by atoms with E-state index in [9.17, 15) is 9.59 Å². The molecule has 1 saturated heterocycles. The second kappa shape index (κ2) is 4.21. The van der Waals surface area contributed by atoms with Crippen LogP contribution < -0.4 is 5.32 Å². The van der Waals surface area contributed by atoms with E-state index in [0.29, 0.717) is 5.92 Å². The average molecular weight is 211 g/mol. The van der Waals surface area contributed by atoms with Crippen molar-refractivity contribution in [2.75, 3.05) is 0 Å². The minimum Gasteiger partial charge on any atom is -0.481 e. The summed E-state index contributed by atoms with van der Waals surface area (Å²) in [5.41, 5.74) is 0. The summed E-state index contributed by atoms with van der Waals surface area (Å²) in [6.45, 7) is 0. The summed E-state index contributed by atoms with van der Waals surface area (Å²) >= 11 is 0. The molecule has 1 aliphatic carbocycles. The third kappa shape index (κ3) is 2.13. The van der Waals surface area contributed by atoms with Gasteiger partial charge < -0.3 is 10.4 Å². The zero-order valence-corrected chi connectivity index (χ0v) is 8.74. The summed E-state index contributed by atoms with van der Waals surface area (Å²) in [7, 11) is 0. The van der Waals surface area contributed by atoms with Crippen LogP contribution in [0.2, 0.25) is 0 Å². The van der Waals surface area contributed by atoms with Crippen molar-refractivity contribution in [3.05, 3.63) is 0 Å². The monoisotopic (exact) mass is 211 g/mol. The van der Waals surface area contributed by atoms with Crippen LogP contribution >= 0.6 is 0 Å². The number of hydrogen-bond donors (Lipinski definition) is 2. The number of nitrogens with one attached hydrogen (secondary N) is 1. The largest absolute Gasteiger partial charge is 0.481 e. The minimum atomic E-state index is -0.830. The lowest BCUT2D eigenvalue weighted by Crippen LogP contribution is -2.40. The van der Waals surface area contributed by atoms with Crippen LogP contribution in [-0.4, -0.2) is 23.0 Å². The second-order valence-corrected chi connectivity index (χ2v) is 4.64. The molecule has 2 rings (SSSR count). The maximum atomic E-state index is 11.2. The van der Waals surface area contributed by atoms with Crippen molar-refractivity contribution in [2.24, 2.45) is 11.8 Å². The average Bonchev–Trinajstić information content (AvgIpc) is 2.62. The molecule has 1 heterocycles. The molecule has 4 heteroatoms. The standard InChI is InChI=1S/C11H17NO3/c13-9-6-8(11(14)15)10(12-9)7-4-2-1-3-5-7/h7-8,10H,1-6H2,(H,12,13)(H,14,15)/t8-,10+/m1/s1. The molecular formula is C11H17NO3. The molecule has 0 unspecified atom stereocenters. The predicted octanol–water partition coefficient (Wildman–Crippen LogP) is 1.16. The quantitative estimate of drug-likeness (QED) is 0.720. The Hall–Kier alpha value is -1.06. The van der Waals surface area contributed by atoms with Gasteiger partial charge in [-0.05, 0) is 18.8 Å². The van der Waals surface area contributed by atoms with Gasteiger partial charge >= 0.3 is 5.97 Å². The third-order valence-electron chi connectivity index (χ3n) is 3.64. The van der Waals surface area contributed by atoms with E-state index in [2.05, 4.69) is 5.32 Å².